The van der Waals surface area contributed by atoms with E-state index >= 15 is 0 Å². The first kappa shape index (κ1) is 13.2. The summed E-state index contributed by atoms with van der Waals surface area (Å²) in [7, 11) is 1.55. The minimum Gasteiger partial charge on any atom is -0.493 e. The van der Waals surface area contributed by atoms with E-state index in [9.17, 15) is 0 Å². The van der Waals surface area contributed by atoms with Crippen molar-refractivity contribution in [1.82, 2.24) is 0 Å². The SMILES string of the molecule is CCCCOc1ccc(/C(N)=N/O)cc1OC. The zero-order valence-corrected chi connectivity index (χ0v) is 10.1. The van der Waals surface area contributed by atoms with Crippen molar-refractivity contribution >= 4 is 5.84 Å². The highest BCUT2D eigenvalue weighted by molar-refractivity contribution is 5.97. The van der Waals surface area contributed by atoms with Crippen molar-refractivity contribution in [3.63, 3.8) is 0 Å². The Morgan fingerprint density at radius 3 is 2.76 bits per heavy atom. The summed E-state index contributed by atoms with van der Waals surface area (Å²) in [6.45, 7) is 2.75. The molecule has 0 bridgehead atoms. The van der Waals surface area contributed by atoms with Gasteiger partial charge in [0, 0.05) is 5.56 Å². The Labute approximate surface area is 101 Å². The third-order valence-electron chi connectivity index (χ3n) is 2.32. The second kappa shape index (κ2) is 6.62. The van der Waals surface area contributed by atoms with Crippen LogP contribution < -0.4 is 15.2 Å². The second-order valence-electron chi connectivity index (χ2n) is 3.55. The van der Waals surface area contributed by atoms with Gasteiger partial charge in [-0.3, -0.25) is 0 Å². The fourth-order valence-corrected chi connectivity index (χ4v) is 1.33. The van der Waals surface area contributed by atoms with Gasteiger partial charge < -0.3 is 20.4 Å². The highest BCUT2D eigenvalue weighted by Crippen LogP contribution is 2.28. The van der Waals surface area contributed by atoms with E-state index in [2.05, 4.69) is 12.1 Å². The molecule has 5 nitrogen and oxygen atoms in total. The number of rotatable bonds is 6. The molecule has 0 aliphatic heterocycles. The van der Waals surface area contributed by atoms with Gasteiger partial charge in [0.05, 0.1) is 13.7 Å². The van der Waals surface area contributed by atoms with Crippen LogP contribution in [0.1, 0.15) is 25.3 Å². The van der Waals surface area contributed by atoms with Gasteiger partial charge in [0.25, 0.3) is 0 Å². The summed E-state index contributed by atoms with van der Waals surface area (Å²) in [5.74, 6) is 1.28. The molecule has 1 aromatic carbocycles. The Bertz CT molecular complexity index is 391. The fourth-order valence-electron chi connectivity index (χ4n) is 1.33. The topological polar surface area (TPSA) is 77.1 Å². The lowest BCUT2D eigenvalue weighted by Gasteiger charge is -2.11. The molecule has 0 amide bonds. The van der Waals surface area contributed by atoms with Crippen LogP contribution in [0.25, 0.3) is 0 Å². The van der Waals surface area contributed by atoms with Gasteiger partial charge in [-0.05, 0) is 24.6 Å². The average Bonchev–Trinajstić information content (AvgIpc) is 2.38. The van der Waals surface area contributed by atoms with Crippen LogP contribution in [0.2, 0.25) is 0 Å². The smallest absolute Gasteiger partial charge is 0.170 e. The van der Waals surface area contributed by atoms with Crippen LogP contribution in [0.4, 0.5) is 0 Å². The Morgan fingerprint density at radius 2 is 2.18 bits per heavy atom. The predicted octanol–water partition coefficient (Wildman–Crippen LogP) is 1.97. The van der Waals surface area contributed by atoms with Crippen molar-refractivity contribution in [3.8, 4) is 11.5 Å². The first-order valence-corrected chi connectivity index (χ1v) is 5.51. The van der Waals surface area contributed by atoms with E-state index in [1.165, 1.54) is 0 Å². The van der Waals surface area contributed by atoms with E-state index in [0.29, 0.717) is 23.7 Å². The van der Waals surface area contributed by atoms with Crippen molar-refractivity contribution in [1.29, 1.82) is 0 Å². The number of methoxy groups -OCH3 is 1. The molecule has 94 valence electrons. The van der Waals surface area contributed by atoms with Gasteiger partial charge in [-0.25, -0.2) is 0 Å². The monoisotopic (exact) mass is 238 g/mol. The third kappa shape index (κ3) is 3.55. The first-order chi connectivity index (χ1) is 8.22. The number of unbranched alkanes of at least 4 members (excludes halogenated alkanes) is 1. The molecule has 1 rings (SSSR count). The molecule has 5 heteroatoms. The van der Waals surface area contributed by atoms with E-state index in [1.54, 1.807) is 25.3 Å². The van der Waals surface area contributed by atoms with Crippen LogP contribution in [-0.2, 0) is 0 Å². The molecule has 0 fully saturated rings. The van der Waals surface area contributed by atoms with Crippen molar-refractivity contribution in [2.75, 3.05) is 13.7 Å². The Morgan fingerprint density at radius 1 is 1.41 bits per heavy atom. The number of hydrogen-bond acceptors (Lipinski definition) is 4. The summed E-state index contributed by atoms with van der Waals surface area (Å²) in [4.78, 5) is 0. The van der Waals surface area contributed by atoms with Crippen LogP contribution in [0.5, 0.6) is 11.5 Å². The average molecular weight is 238 g/mol. The molecule has 0 atom stereocenters. The lowest BCUT2D eigenvalue weighted by Crippen LogP contribution is -2.13. The van der Waals surface area contributed by atoms with Crippen molar-refractivity contribution in [2.24, 2.45) is 10.9 Å². The quantitative estimate of drug-likeness (QED) is 0.261. The van der Waals surface area contributed by atoms with Crippen molar-refractivity contribution in [3.05, 3.63) is 23.8 Å². The molecule has 0 aromatic heterocycles. The van der Waals surface area contributed by atoms with E-state index < -0.39 is 0 Å². The zero-order valence-electron chi connectivity index (χ0n) is 10.1. The molecule has 0 saturated carbocycles. The maximum Gasteiger partial charge on any atom is 0.170 e. The summed E-state index contributed by atoms with van der Waals surface area (Å²) >= 11 is 0. The molecular weight excluding hydrogens is 220 g/mol. The molecule has 0 aliphatic rings. The van der Waals surface area contributed by atoms with Crippen molar-refractivity contribution < 1.29 is 14.7 Å². The van der Waals surface area contributed by atoms with Crippen LogP contribution in [-0.4, -0.2) is 24.8 Å². The molecule has 0 radical (unpaired) electrons. The maximum atomic E-state index is 8.59. The van der Waals surface area contributed by atoms with Gasteiger partial charge in [-0.15, -0.1) is 0 Å². The largest absolute Gasteiger partial charge is 0.493 e. The Kier molecular flexibility index (Phi) is 5.13. The molecule has 0 spiro atoms. The molecule has 0 unspecified atom stereocenters. The summed E-state index contributed by atoms with van der Waals surface area (Å²) in [5, 5.41) is 11.5. The fraction of sp³-hybridized carbons (Fsp3) is 0.417. The first-order valence-electron chi connectivity index (χ1n) is 5.51. The summed E-state index contributed by atoms with van der Waals surface area (Å²) in [6, 6.07) is 5.15. The van der Waals surface area contributed by atoms with Crippen LogP contribution in [0.15, 0.2) is 23.4 Å². The molecule has 0 heterocycles. The Hall–Kier alpha value is -1.91. The molecule has 17 heavy (non-hydrogen) atoms. The highest BCUT2D eigenvalue weighted by atomic mass is 16.5. The number of nitrogens with two attached hydrogens (primary N) is 1. The molecule has 0 saturated heterocycles. The van der Waals surface area contributed by atoms with Gasteiger partial charge in [0.1, 0.15) is 0 Å². The van der Waals surface area contributed by atoms with E-state index in [4.69, 9.17) is 20.4 Å². The highest BCUT2D eigenvalue weighted by Gasteiger charge is 2.07. The molecule has 0 aliphatic carbocycles. The van der Waals surface area contributed by atoms with E-state index in [1.807, 2.05) is 0 Å². The van der Waals surface area contributed by atoms with Crippen LogP contribution in [0.3, 0.4) is 0 Å². The number of ether oxygens (including phenoxy) is 2. The molecule has 3 N–H and O–H groups in total. The van der Waals surface area contributed by atoms with Gasteiger partial charge >= 0.3 is 0 Å². The van der Waals surface area contributed by atoms with Crippen LogP contribution in [0, 0.1) is 0 Å². The number of hydrogen-bond donors (Lipinski definition) is 2. The lowest BCUT2D eigenvalue weighted by atomic mass is 10.2. The predicted molar refractivity (Wildman–Crippen MR) is 65.9 cm³/mol. The second-order valence-corrected chi connectivity index (χ2v) is 3.55. The van der Waals surface area contributed by atoms with E-state index in [-0.39, 0.29) is 5.84 Å². The molecule has 1 aromatic rings. The van der Waals surface area contributed by atoms with Gasteiger partial charge in [0.15, 0.2) is 17.3 Å². The number of nitrogens with zero attached hydrogens (tertiary/aromatic N) is 1. The maximum absolute atomic E-state index is 8.59. The zero-order chi connectivity index (χ0) is 12.7. The van der Waals surface area contributed by atoms with Gasteiger partial charge in [-0.2, -0.15) is 0 Å². The van der Waals surface area contributed by atoms with Crippen molar-refractivity contribution in [2.45, 2.75) is 19.8 Å². The summed E-state index contributed by atoms with van der Waals surface area (Å²) in [5.41, 5.74) is 6.08. The minimum absolute atomic E-state index is 0.0448. The normalized spacial score (nSPS) is 11.3. The molecular formula is C12H18N2O3. The Balaban J connectivity index is 2.85. The van der Waals surface area contributed by atoms with Crippen LogP contribution >= 0.6 is 0 Å². The van der Waals surface area contributed by atoms with Gasteiger partial charge in [-0.1, -0.05) is 18.5 Å². The third-order valence-corrected chi connectivity index (χ3v) is 2.32. The summed E-state index contributed by atoms with van der Waals surface area (Å²) < 4.78 is 10.8. The lowest BCUT2D eigenvalue weighted by molar-refractivity contribution is 0.288. The number of benzene rings is 1. The van der Waals surface area contributed by atoms with E-state index in [0.717, 1.165) is 12.8 Å². The number of amidine groups is 1. The minimum atomic E-state index is 0.0448. The number of oxime groups is 1. The van der Waals surface area contributed by atoms with Gasteiger partial charge in [0.2, 0.25) is 0 Å². The standard InChI is InChI=1S/C12H18N2O3/c1-3-4-7-17-10-6-5-9(12(13)14-15)8-11(10)16-2/h5-6,8,15H,3-4,7H2,1-2H3,(H2,13,14). The summed E-state index contributed by atoms with van der Waals surface area (Å²) in [6.07, 6.45) is 2.07.